The molecule has 2 aromatic heterocycles. The van der Waals surface area contributed by atoms with Gasteiger partial charge in [-0.05, 0) is 60.7 Å². The summed E-state index contributed by atoms with van der Waals surface area (Å²) in [6.45, 7) is 0. The molecule has 5 rings (SSSR count). The maximum Gasteiger partial charge on any atom is 0.280 e. The van der Waals surface area contributed by atoms with Crippen molar-refractivity contribution < 1.29 is 13.9 Å². The largest absolute Gasteiger partial charge is 0.463 e. The van der Waals surface area contributed by atoms with E-state index in [1.54, 1.807) is 42.7 Å². The first-order valence-corrected chi connectivity index (χ1v) is 11.6. The van der Waals surface area contributed by atoms with Gasteiger partial charge in [-0.15, -0.1) is 0 Å². The number of hydrogen-bond donors (Lipinski definition) is 0. The Bertz CT molecular complexity index is 1430. The average Bonchev–Trinajstić information content (AvgIpc) is 3.49. The van der Waals surface area contributed by atoms with E-state index in [1.807, 2.05) is 48.5 Å². The molecule has 0 aliphatic heterocycles. The third-order valence-corrected chi connectivity index (χ3v) is 6.10. The Morgan fingerprint density at radius 3 is 2.67 bits per heavy atom. The average molecular weight is 518 g/mol. The number of carbonyl (C=O) groups excluding carboxylic acids is 1. The van der Waals surface area contributed by atoms with Crippen molar-refractivity contribution in [1.82, 2.24) is 4.98 Å². The van der Waals surface area contributed by atoms with E-state index in [1.165, 1.54) is 22.6 Å². The highest BCUT2D eigenvalue weighted by atomic mass is 79.9. The summed E-state index contributed by atoms with van der Waals surface area (Å²) >= 11 is 4.85. The second-order valence-electron chi connectivity index (χ2n) is 6.93. The van der Waals surface area contributed by atoms with Gasteiger partial charge in [-0.25, -0.2) is 4.98 Å². The van der Waals surface area contributed by atoms with Crippen LogP contribution in [0.15, 0.2) is 105 Å². The molecule has 0 aliphatic carbocycles. The Morgan fingerprint density at radius 2 is 1.85 bits per heavy atom. The molecule has 0 saturated carbocycles. The van der Waals surface area contributed by atoms with Gasteiger partial charge in [0.15, 0.2) is 0 Å². The highest BCUT2D eigenvalue weighted by molar-refractivity contribution is 9.10. The summed E-state index contributed by atoms with van der Waals surface area (Å²) in [5.41, 5.74) is 1.20. The molecule has 0 radical (unpaired) electrons. The first-order chi connectivity index (χ1) is 16.2. The Labute approximate surface area is 201 Å². The molecule has 0 N–H and O–H groups in total. The second-order valence-corrected chi connectivity index (χ2v) is 8.85. The molecular weight excluding hydrogens is 502 g/mol. The normalized spacial score (nSPS) is 11.2. The number of nitrogens with zero attached hydrogens (tertiary/aromatic N) is 3. The van der Waals surface area contributed by atoms with Crippen molar-refractivity contribution in [2.45, 2.75) is 0 Å². The van der Waals surface area contributed by atoms with E-state index < -0.39 is 0 Å². The molecule has 0 bridgehead atoms. The van der Waals surface area contributed by atoms with Crippen LogP contribution in [0.25, 0.3) is 10.2 Å². The van der Waals surface area contributed by atoms with Crippen molar-refractivity contribution in [3.63, 3.8) is 0 Å². The van der Waals surface area contributed by atoms with Gasteiger partial charge in [0.25, 0.3) is 5.91 Å². The topological polar surface area (TPSA) is 67.9 Å². The van der Waals surface area contributed by atoms with E-state index in [0.717, 1.165) is 14.7 Å². The smallest absolute Gasteiger partial charge is 0.280 e. The number of ether oxygens (including phenoxy) is 1. The molecule has 33 heavy (non-hydrogen) atoms. The fraction of sp³-hybridized carbons (Fsp3) is 0. The van der Waals surface area contributed by atoms with E-state index in [0.29, 0.717) is 28.0 Å². The molecule has 3 aromatic carbocycles. The van der Waals surface area contributed by atoms with Crippen molar-refractivity contribution in [3.05, 3.63) is 107 Å². The molecule has 0 aliphatic rings. The number of halogens is 1. The van der Waals surface area contributed by atoms with Gasteiger partial charge >= 0.3 is 0 Å². The van der Waals surface area contributed by atoms with Crippen molar-refractivity contribution in [2.75, 3.05) is 5.01 Å². The number of thiazole rings is 1. The molecule has 1 amide bonds. The van der Waals surface area contributed by atoms with E-state index in [4.69, 9.17) is 9.15 Å². The number of para-hydroxylation sites is 1. The van der Waals surface area contributed by atoms with Crippen LogP contribution in [-0.2, 0) is 0 Å². The molecule has 162 valence electrons. The summed E-state index contributed by atoms with van der Waals surface area (Å²) in [7, 11) is 0. The molecule has 0 saturated heterocycles. The van der Waals surface area contributed by atoms with Crippen LogP contribution in [0.2, 0.25) is 0 Å². The zero-order valence-electron chi connectivity index (χ0n) is 17.1. The van der Waals surface area contributed by atoms with Gasteiger partial charge in [-0.1, -0.05) is 51.5 Å². The van der Waals surface area contributed by atoms with E-state index >= 15 is 0 Å². The summed E-state index contributed by atoms with van der Waals surface area (Å²) < 4.78 is 13.1. The standard InChI is InChI=1S/C25H16BrN3O3S/c26-18-11-12-22-23(15-18)33-25(28-22)29(27-16-21-10-5-13-31-21)24(30)17-6-4-9-20(14-17)32-19-7-2-1-3-8-19/h1-16H/b27-16+. The summed E-state index contributed by atoms with van der Waals surface area (Å²) in [6, 6.07) is 25.7. The first-order valence-electron chi connectivity index (χ1n) is 9.97. The quantitative estimate of drug-likeness (QED) is 0.177. The van der Waals surface area contributed by atoms with Crippen molar-refractivity contribution >= 4 is 54.7 Å². The van der Waals surface area contributed by atoms with Gasteiger partial charge in [0.2, 0.25) is 5.13 Å². The van der Waals surface area contributed by atoms with E-state index in [2.05, 4.69) is 26.0 Å². The maximum atomic E-state index is 13.5. The fourth-order valence-corrected chi connectivity index (χ4v) is 4.56. The van der Waals surface area contributed by atoms with Crippen LogP contribution in [0.5, 0.6) is 11.5 Å². The number of rotatable bonds is 6. The monoisotopic (exact) mass is 517 g/mol. The lowest BCUT2D eigenvalue weighted by atomic mass is 10.2. The van der Waals surface area contributed by atoms with Crippen LogP contribution in [-0.4, -0.2) is 17.1 Å². The van der Waals surface area contributed by atoms with E-state index in [9.17, 15) is 4.79 Å². The summed E-state index contributed by atoms with van der Waals surface area (Å²) in [6.07, 6.45) is 3.04. The number of fused-ring (bicyclic) bond motifs is 1. The van der Waals surface area contributed by atoms with Crippen LogP contribution in [0.3, 0.4) is 0 Å². The summed E-state index contributed by atoms with van der Waals surface area (Å²) in [5, 5.41) is 6.13. The number of anilines is 1. The number of aromatic nitrogens is 1. The molecule has 8 heteroatoms. The lowest BCUT2D eigenvalue weighted by molar-refractivity contribution is 0.0987. The van der Waals surface area contributed by atoms with Gasteiger partial charge in [0.1, 0.15) is 17.3 Å². The Kier molecular flexibility index (Phi) is 6.01. The Morgan fingerprint density at radius 1 is 1.00 bits per heavy atom. The van der Waals surface area contributed by atoms with Crippen molar-refractivity contribution in [1.29, 1.82) is 0 Å². The second kappa shape index (κ2) is 9.40. The van der Waals surface area contributed by atoms with Crippen LogP contribution in [0, 0.1) is 0 Å². The van der Waals surface area contributed by atoms with Gasteiger partial charge in [0, 0.05) is 10.0 Å². The zero-order chi connectivity index (χ0) is 22.6. The van der Waals surface area contributed by atoms with Crippen molar-refractivity contribution in [2.24, 2.45) is 5.10 Å². The molecule has 5 aromatic rings. The number of carbonyl (C=O) groups is 1. The SMILES string of the molecule is O=C(c1cccc(Oc2ccccc2)c1)N(/N=C/c1ccco1)c1nc2ccc(Br)cc2s1. The van der Waals surface area contributed by atoms with Gasteiger partial charge in [-0.3, -0.25) is 4.79 Å². The summed E-state index contributed by atoms with van der Waals surface area (Å²) in [4.78, 5) is 18.2. The Balaban J connectivity index is 1.50. The molecule has 0 spiro atoms. The number of hydrazone groups is 1. The molecule has 2 heterocycles. The molecule has 0 fully saturated rings. The molecule has 0 atom stereocenters. The number of hydrogen-bond acceptors (Lipinski definition) is 6. The van der Waals surface area contributed by atoms with Crippen LogP contribution < -0.4 is 9.75 Å². The number of benzene rings is 3. The van der Waals surface area contributed by atoms with Crippen LogP contribution in [0.4, 0.5) is 5.13 Å². The van der Waals surface area contributed by atoms with Crippen LogP contribution in [0.1, 0.15) is 16.1 Å². The minimum Gasteiger partial charge on any atom is -0.463 e. The number of furan rings is 1. The van der Waals surface area contributed by atoms with Gasteiger partial charge in [0.05, 0.1) is 22.7 Å². The minimum absolute atomic E-state index is 0.338. The third-order valence-electron chi connectivity index (χ3n) is 4.62. The van der Waals surface area contributed by atoms with Gasteiger partial charge in [-0.2, -0.15) is 10.1 Å². The zero-order valence-corrected chi connectivity index (χ0v) is 19.5. The van der Waals surface area contributed by atoms with Crippen LogP contribution >= 0.6 is 27.3 Å². The predicted octanol–water partition coefficient (Wildman–Crippen LogP) is 7.13. The molecule has 6 nitrogen and oxygen atoms in total. The third kappa shape index (κ3) is 4.87. The fourth-order valence-electron chi connectivity index (χ4n) is 3.08. The molecule has 0 unspecified atom stereocenters. The highest BCUT2D eigenvalue weighted by Gasteiger charge is 2.22. The predicted molar refractivity (Wildman–Crippen MR) is 133 cm³/mol. The lowest BCUT2D eigenvalue weighted by Gasteiger charge is -2.14. The maximum absolute atomic E-state index is 13.5. The number of amides is 1. The molecular formula is C25H16BrN3O3S. The first kappa shape index (κ1) is 21.1. The highest BCUT2D eigenvalue weighted by Crippen LogP contribution is 2.32. The summed E-state index contributed by atoms with van der Waals surface area (Å²) in [5.74, 6) is 1.43. The Hall–Kier alpha value is -3.75. The van der Waals surface area contributed by atoms with Gasteiger partial charge < -0.3 is 9.15 Å². The van der Waals surface area contributed by atoms with E-state index in [-0.39, 0.29) is 5.91 Å². The minimum atomic E-state index is -0.338. The lowest BCUT2D eigenvalue weighted by Crippen LogP contribution is -2.25. The van der Waals surface area contributed by atoms with Crippen molar-refractivity contribution in [3.8, 4) is 11.5 Å².